The number of alkyl halides is 3. The lowest BCUT2D eigenvalue weighted by Gasteiger charge is -2.11. The molecular weight excluding hydrogens is 295 g/mol. The molecule has 106 valence electrons. The van der Waals surface area contributed by atoms with E-state index >= 15 is 0 Å². The number of rotatable bonds is 4. The Morgan fingerprint density at radius 2 is 1.84 bits per heavy atom. The van der Waals surface area contributed by atoms with Crippen LogP contribution in [-0.4, -0.2) is 26.0 Å². The molecule has 0 fully saturated rings. The maximum absolute atomic E-state index is 12.1. The normalized spacial score (nSPS) is 12.0. The molecule has 0 bridgehead atoms. The zero-order chi connectivity index (χ0) is 14.8. The van der Waals surface area contributed by atoms with E-state index in [-0.39, 0.29) is 0 Å². The molecule has 0 amide bonds. The summed E-state index contributed by atoms with van der Waals surface area (Å²) in [5, 5.41) is 10.4. The molecule has 19 heavy (non-hydrogen) atoms. The van der Waals surface area contributed by atoms with Crippen LogP contribution in [0.1, 0.15) is 0 Å². The third-order valence-electron chi connectivity index (χ3n) is 1.84. The Bertz CT molecular complexity index is 597. The Balaban J connectivity index is 3.20. The van der Waals surface area contributed by atoms with Gasteiger partial charge in [-0.1, -0.05) is 0 Å². The van der Waals surface area contributed by atoms with Crippen LogP contribution < -0.4 is 8.92 Å². The lowest BCUT2D eigenvalue weighted by atomic mass is 10.3. The van der Waals surface area contributed by atoms with Crippen LogP contribution in [0.3, 0.4) is 0 Å². The van der Waals surface area contributed by atoms with Gasteiger partial charge in [0.05, 0.1) is 18.1 Å². The molecular formula is C8H6F3NO6S. The molecule has 11 heteroatoms. The largest absolute Gasteiger partial charge is 0.534 e. The summed E-state index contributed by atoms with van der Waals surface area (Å²) < 4.78 is 66.2. The predicted octanol–water partition coefficient (Wildman–Crippen LogP) is 1.83. The second-order valence-electron chi connectivity index (χ2n) is 3.08. The lowest BCUT2D eigenvalue weighted by molar-refractivity contribution is -0.384. The van der Waals surface area contributed by atoms with Crippen molar-refractivity contribution in [3.05, 3.63) is 28.3 Å². The van der Waals surface area contributed by atoms with Crippen molar-refractivity contribution < 1.29 is 35.4 Å². The van der Waals surface area contributed by atoms with Crippen molar-refractivity contribution >= 4 is 15.8 Å². The van der Waals surface area contributed by atoms with Gasteiger partial charge in [0.1, 0.15) is 0 Å². The van der Waals surface area contributed by atoms with E-state index in [4.69, 9.17) is 0 Å². The Labute approximate surface area is 104 Å². The van der Waals surface area contributed by atoms with E-state index < -0.39 is 37.7 Å². The number of benzene rings is 1. The lowest BCUT2D eigenvalue weighted by Crippen LogP contribution is -2.28. The van der Waals surface area contributed by atoms with Gasteiger partial charge in [0.2, 0.25) is 0 Å². The summed E-state index contributed by atoms with van der Waals surface area (Å²) in [4.78, 5) is 9.61. The minimum atomic E-state index is -5.87. The van der Waals surface area contributed by atoms with Crippen molar-refractivity contribution in [2.45, 2.75) is 5.51 Å². The standard InChI is InChI=1S/C8H6F3NO6S/c1-17-7-4-5(12(13)14)2-3-6(7)18-19(15,16)8(9,10)11/h2-4H,1H3. The SMILES string of the molecule is COc1cc([N+](=O)[O-])ccc1OS(=O)(=O)C(F)(F)F. The average molecular weight is 301 g/mol. The molecule has 0 aliphatic carbocycles. The predicted molar refractivity (Wildman–Crippen MR) is 55.3 cm³/mol. The van der Waals surface area contributed by atoms with Gasteiger partial charge in [0, 0.05) is 6.07 Å². The maximum atomic E-state index is 12.1. The fraction of sp³-hybridized carbons (Fsp3) is 0.250. The van der Waals surface area contributed by atoms with Crippen molar-refractivity contribution in [2.24, 2.45) is 0 Å². The Morgan fingerprint density at radius 3 is 2.26 bits per heavy atom. The Kier molecular flexibility index (Phi) is 3.88. The molecule has 0 unspecified atom stereocenters. The molecule has 0 saturated carbocycles. The number of non-ortho nitro benzene ring substituents is 1. The second-order valence-corrected chi connectivity index (χ2v) is 4.61. The molecule has 0 heterocycles. The van der Waals surface area contributed by atoms with Crippen LogP contribution in [0.2, 0.25) is 0 Å². The van der Waals surface area contributed by atoms with Crippen LogP contribution in [0.5, 0.6) is 11.5 Å². The molecule has 0 saturated heterocycles. The molecule has 7 nitrogen and oxygen atoms in total. The third-order valence-corrected chi connectivity index (χ3v) is 2.81. The number of halogens is 3. The zero-order valence-corrected chi connectivity index (χ0v) is 9.99. The summed E-state index contributed by atoms with van der Waals surface area (Å²) in [5.41, 5.74) is -6.10. The third kappa shape index (κ3) is 3.24. The molecule has 1 aromatic rings. The summed E-state index contributed by atoms with van der Waals surface area (Å²) in [6.07, 6.45) is 0. The highest BCUT2D eigenvalue weighted by Gasteiger charge is 2.49. The van der Waals surface area contributed by atoms with E-state index in [1.807, 2.05) is 0 Å². The number of nitrogens with zero attached hydrogens (tertiary/aromatic N) is 1. The van der Waals surface area contributed by atoms with Gasteiger partial charge < -0.3 is 8.92 Å². The monoisotopic (exact) mass is 301 g/mol. The van der Waals surface area contributed by atoms with Crippen LogP contribution in [0.15, 0.2) is 18.2 Å². The van der Waals surface area contributed by atoms with Crippen LogP contribution in [0, 0.1) is 10.1 Å². The summed E-state index contributed by atoms with van der Waals surface area (Å²) >= 11 is 0. The molecule has 0 radical (unpaired) electrons. The van der Waals surface area contributed by atoms with Crippen LogP contribution in [-0.2, 0) is 10.1 Å². The number of nitro groups is 1. The average Bonchev–Trinajstić information content (AvgIpc) is 2.27. The Hall–Kier alpha value is -2.04. The summed E-state index contributed by atoms with van der Waals surface area (Å²) in [7, 11) is -4.87. The minimum absolute atomic E-state index is 0.492. The Morgan fingerprint density at radius 1 is 1.26 bits per heavy atom. The number of hydrogen-bond donors (Lipinski definition) is 0. The number of ether oxygens (including phenoxy) is 1. The van der Waals surface area contributed by atoms with E-state index in [9.17, 15) is 31.7 Å². The van der Waals surface area contributed by atoms with Gasteiger partial charge in [-0.05, 0) is 6.07 Å². The molecule has 1 aromatic carbocycles. The second kappa shape index (κ2) is 4.91. The van der Waals surface area contributed by atoms with Crippen LogP contribution in [0.25, 0.3) is 0 Å². The highest BCUT2D eigenvalue weighted by atomic mass is 32.2. The van der Waals surface area contributed by atoms with Gasteiger partial charge in [-0.3, -0.25) is 10.1 Å². The van der Waals surface area contributed by atoms with Gasteiger partial charge in [-0.15, -0.1) is 0 Å². The highest BCUT2D eigenvalue weighted by molar-refractivity contribution is 7.88. The fourth-order valence-corrected chi connectivity index (χ4v) is 1.47. The number of hydrogen-bond acceptors (Lipinski definition) is 6. The van der Waals surface area contributed by atoms with Gasteiger partial charge >= 0.3 is 15.6 Å². The van der Waals surface area contributed by atoms with Gasteiger partial charge in [0.15, 0.2) is 11.5 Å². The van der Waals surface area contributed by atoms with Gasteiger partial charge in [-0.25, -0.2) is 0 Å². The van der Waals surface area contributed by atoms with Crippen molar-refractivity contribution in [2.75, 3.05) is 7.11 Å². The van der Waals surface area contributed by atoms with Crippen molar-refractivity contribution in [1.82, 2.24) is 0 Å². The topological polar surface area (TPSA) is 95.7 Å². The van der Waals surface area contributed by atoms with E-state index in [1.54, 1.807) is 0 Å². The fourth-order valence-electron chi connectivity index (χ4n) is 1.00. The first-order valence-electron chi connectivity index (χ1n) is 4.41. The van der Waals surface area contributed by atoms with Crippen molar-refractivity contribution in [3.63, 3.8) is 0 Å². The molecule has 0 atom stereocenters. The highest BCUT2D eigenvalue weighted by Crippen LogP contribution is 2.35. The first-order valence-corrected chi connectivity index (χ1v) is 5.82. The van der Waals surface area contributed by atoms with E-state index in [0.717, 1.165) is 19.2 Å². The van der Waals surface area contributed by atoms with Crippen LogP contribution in [0.4, 0.5) is 18.9 Å². The van der Waals surface area contributed by atoms with Crippen molar-refractivity contribution in [1.29, 1.82) is 0 Å². The first-order chi connectivity index (χ1) is 8.58. The minimum Gasteiger partial charge on any atom is -0.493 e. The molecule has 0 N–H and O–H groups in total. The summed E-state index contributed by atoms with van der Waals surface area (Å²) in [6, 6.07) is 2.21. The summed E-state index contributed by atoms with van der Waals surface area (Å²) in [5.74, 6) is -1.31. The zero-order valence-electron chi connectivity index (χ0n) is 9.17. The van der Waals surface area contributed by atoms with Gasteiger partial charge in [-0.2, -0.15) is 21.6 Å². The number of methoxy groups -OCH3 is 1. The molecule has 0 aliphatic rings. The molecule has 0 aliphatic heterocycles. The molecule has 1 rings (SSSR count). The van der Waals surface area contributed by atoms with E-state index in [2.05, 4.69) is 8.92 Å². The number of nitro benzene ring substituents is 1. The summed E-state index contributed by atoms with van der Waals surface area (Å²) in [6.45, 7) is 0. The van der Waals surface area contributed by atoms with E-state index in [1.165, 1.54) is 0 Å². The van der Waals surface area contributed by atoms with E-state index in [0.29, 0.717) is 6.07 Å². The van der Waals surface area contributed by atoms with Crippen molar-refractivity contribution in [3.8, 4) is 11.5 Å². The smallest absolute Gasteiger partial charge is 0.493 e. The molecule has 0 spiro atoms. The first kappa shape index (κ1) is 15.0. The molecule has 0 aromatic heterocycles. The quantitative estimate of drug-likeness (QED) is 0.364. The van der Waals surface area contributed by atoms with Gasteiger partial charge in [0.25, 0.3) is 5.69 Å². The maximum Gasteiger partial charge on any atom is 0.534 e. The van der Waals surface area contributed by atoms with Crippen LogP contribution >= 0.6 is 0 Å².